The van der Waals surface area contributed by atoms with E-state index in [0.717, 1.165) is 0 Å². The van der Waals surface area contributed by atoms with E-state index in [9.17, 15) is 14.3 Å². The molecule has 4 heteroatoms. The van der Waals surface area contributed by atoms with Crippen LogP contribution in [-0.4, -0.2) is 17.6 Å². The van der Waals surface area contributed by atoms with Gasteiger partial charge in [0.25, 0.3) is 0 Å². The Morgan fingerprint density at radius 1 is 1.14 bits per heavy atom. The van der Waals surface area contributed by atoms with Crippen molar-refractivity contribution in [1.29, 1.82) is 0 Å². The molecule has 0 bridgehead atoms. The Bertz CT molecular complexity index is 626. The van der Waals surface area contributed by atoms with Crippen LogP contribution in [0.5, 0.6) is 0 Å². The number of hydrogen-bond donors (Lipinski definition) is 2. The van der Waals surface area contributed by atoms with Crippen molar-refractivity contribution in [3.63, 3.8) is 0 Å². The summed E-state index contributed by atoms with van der Waals surface area (Å²) in [6, 6.07) is 15.6. The topological polar surface area (TPSA) is 49.3 Å². The van der Waals surface area contributed by atoms with Crippen LogP contribution in [0.15, 0.2) is 54.6 Å². The van der Waals surface area contributed by atoms with Crippen molar-refractivity contribution in [2.24, 2.45) is 0 Å². The first kappa shape index (κ1) is 16.2. The largest absolute Gasteiger partial charge is 0.385 e. The lowest BCUT2D eigenvalue weighted by atomic mass is 9.92. The predicted octanol–water partition coefficient (Wildman–Crippen LogP) is 2.78. The van der Waals surface area contributed by atoms with Crippen molar-refractivity contribution in [3.05, 3.63) is 71.5 Å². The quantitative estimate of drug-likeness (QED) is 0.862. The highest BCUT2D eigenvalue weighted by molar-refractivity contribution is 5.77. The molecule has 3 nitrogen and oxygen atoms in total. The second-order valence-corrected chi connectivity index (χ2v) is 5.51. The van der Waals surface area contributed by atoms with Gasteiger partial charge in [-0.05, 0) is 30.5 Å². The Morgan fingerprint density at radius 3 is 2.45 bits per heavy atom. The minimum atomic E-state index is -1.22. The molecule has 0 aliphatic rings. The standard InChI is InChI=1S/C18H20FNO2/c1-18(22,15-8-3-2-4-9-15)13-17(21)20-12-11-14-7-5-6-10-16(14)19/h2-10,22H,11-13H2,1H3,(H,20,21). The number of amides is 1. The number of nitrogens with one attached hydrogen (secondary N) is 1. The molecule has 22 heavy (non-hydrogen) atoms. The number of rotatable bonds is 6. The molecule has 2 aromatic rings. The first-order valence-electron chi connectivity index (χ1n) is 7.27. The van der Waals surface area contributed by atoms with Crippen LogP contribution in [0.1, 0.15) is 24.5 Å². The Labute approximate surface area is 129 Å². The first-order chi connectivity index (χ1) is 10.5. The predicted molar refractivity (Wildman–Crippen MR) is 83.7 cm³/mol. The maximum absolute atomic E-state index is 13.5. The van der Waals surface area contributed by atoms with Gasteiger partial charge in [-0.2, -0.15) is 0 Å². The molecule has 1 amide bonds. The average Bonchev–Trinajstić information content (AvgIpc) is 2.50. The van der Waals surface area contributed by atoms with Crippen molar-refractivity contribution in [1.82, 2.24) is 5.32 Å². The lowest BCUT2D eigenvalue weighted by molar-refractivity contribution is -0.125. The van der Waals surface area contributed by atoms with Gasteiger partial charge in [0.15, 0.2) is 0 Å². The molecule has 0 aromatic heterocycles. The molecule has 0 aliphatic carbocycles. The third kappa shape index (κ3) is 4.40. The van der Waals surface area contributed by atoms with E-state index in [-0.39, 0.29) is 18.1 Å². The Morgan fingerprint density at radius 2 is 1.77 bits per heavy atom. The molecule has 0 saturated heterocycles. The van der Waals surface area contributed by atoms with Crippen LogP contribution < -0.4 is 5.32 Å². The third-order valence-corrected chi connectivity index (χ3v) is 3.57. The zero-order valence-corrected chi connectivity index (χ0v) is 12.6. The summed E-state index contributed by atoms with van der Waals surface area (Å²) in [6.07, 6.45) is 0.389. The van der Waals surface area contributed by atoms with E-state index in [4.69, 9.17) is 0 Å². The van der Waals surface area contributed by atoms with Crippen LogP contribution >= 0.6 is 0 Å². The minimum Gasteiger partial charge on any atom is -0.385 e. The zero-order chi connectivity index (χ0) is 16.0. The molecule has 1 atom stereocenters. The first-order valence-corrected chi connectivity index (χ1v) is 7.27. The van der Waals surface area contributed by atoms with Crippen LogP contribution in [0, 0.1) is 5.82 Å². The van der Waals surface area contributed by atoms with Crippen molar-refractivity contribution in [2.45, 2.75) is 25.4 Å². The highest BCUT2D eigenvalue weighted by Crippen LogP contribution is 2.23. The molecule has 0 fully saturated rings. The molecule has 0 spiro atoms. The van der Waals surface area contributed by atoms with Crippen molar-refractivity contribution in [2.75, 3.05) is 6.54 Å². The molecule has 1 unspecified atom stereocenters. The number of aliphatic hydroxyl groups is 1. The second kappa shape index (κ2) is 7.18. The van der Waals surface area contributed by atoms with Crippen LogP contribution in [-0.2, 0) is 16.8 Å². The summed E-state index contributed by atoms with van der Waals surface area (Å²) in [5, 5.41) is 13.1. The summed E-state index contributed by atoms with van der Waals surface area (Å²) in [5.41, 5.74) is 0.0421. The highest BCUT2D eigenvalue weighted by Gasteiger charge is 2.26. The summed E-state index contributed by atoms with van der Waals surface area (Å²) in [4.78, 5) is 11.9. The van der Waals surface area contributed by atoms with Gasteiger partial charge < -0.3 is 10.4 Å². The van der Waals surface area contributed by atoms with E-state index in [2.05, 4.69) is 5.32 Å². The molecule has 0 aliphatic heterocycles. The SMILES string of the molecule is CC(O)(CC(=O)NCCc1ccccc1F)c1ccccc1. The molecule has 0 heterocycles. The number of halogens is 1. The Kier molecular flexibility index (Phi) is 5.28. The van der Waals surface area contributed by atoms with Gasteiger partial charge in [0.2, 0.25) is 5.91 Å². The van der Waals surface area contributed by atoms with E-state index in [0.29, 0.717) is 24.1 Å². The fourth-order valence-electron chi connectivity index (χ4n) is 2.31. The van der Waals surface area contributed by atoms with Crippen LogP contribution in [0.25, 0.3) is 0 Å². The Balaban J connectivity index is 1.84. The molecule has 0 saturated carbocycles. The summed E-state index contributed by atoms with van der Waals surface area (Å²) >= 11 is 0. The lowest BCUT2D eigenvalue weighted by Gasteiger charge is -2.23. The van der Waals surface area contributed by atoms with Crippen molar-refractivity contribution >= 4 is 5.91 Å². The normalized spacial score (nSPS) is 13.4. The second-order valence-electron chi connectivity index (χ2n) is 5.51. The molecular formula is C18H20FNO2. The van der Waals surface area contributed by atoms with E-state index >= 15 is 0 Å². The van der Waals surface area contributed by atoms with Crippen LogP contribution in [0.4, 0.5) is 4.39 Å². The maximum atomic E-state index is 13.5. The van der Waals surface area contributed by atoms with Gasteiger partial charge in [-0.15, -0.1) is 0 Å². The maximum Gasteiger partial charge on any atom is 0.223 e. The number of benzene rings is 2. The molecule has 2 rings (SSSR count). The van der Waals surface area contributed by atoms with Crippen molar-refractivity contribution < 1.29 is 14.3 Å². The van der Waals surface area contributed by atoms with Gasteiger partial charge in [-0.3, -0.25) is 4.79 Å². The van der Waals surface area contributed by atoms with E-state index < -0.39 is 5.60 Å². The summed E-state index contributed by atoms with van der Waals surface area (Å²) in [7, 11) is 0. The monoisotopic (exact) mass is 301 g/mol. The molecule has 2 N–H and O–H groups in total. The zero-order valence-electron chi connectivity index (χ0n) is 12.6. The van der Waals surface area contributed by atoms with Gasteiger partial charge in [-0.1, -0.05) is 48.5 Å². The molecule has 116 valence electrons. The number of carbonyl (C=O) groups is 1. The fraction of sp³-hybridized carbons (Fsp3) is 0.278. The summed E-state index contributed by atoms with van der Waals surface area (Å²) in [5.74, 6) is -0.529. The molecule has 2 aromatic carbocycles. The molecular weight excluding hydrogens is 281 g/mol. The summed E-state index contributed by atoms with van der Waals surface area (Å²) < 4.78 is 13.5. The lowest BCUT2D eigenvalue weighted by Crippen LogP contribution is -2.33. The third-order valence-electron chi connectivity index (χ3n) is 3.57. The highest BCUT2D eigenvalue weighted by atomic mass is 19.1. The van der Waals surface area contributed by atoms with Gasteiger partial charge in [0, 0.05) is 6.54 Å². The van der Waals surface area contributed by atoms with Gasteiger partial charge in [-0.25, -0.2) is 4.39 Å². The number of hydrogen-bond acceptors (Lipinski definition) is 2. The van der Waals surface area contributed by atoms with Gasteiger partial charge in [0.1, 0.15) is 5.82 Å². The van der Waals surface area contributed by atoms with Crippen LogP contribution in [0.3, 0.4) is 0 Å². The average molecular weight is 301 g/mol. The number of carbonyl (C=O) groups excluding carboxylic acids is 1. The van der Waals surface area contributed by atoms with E-state index in [1.54, 1.807) is 37.3 Å². The van der Waals surface area contributed by atoms with E-state index in [1.807, 2.05) is 18.2 Å². The fourth-order valence-corrected chi connectivity index (χ4v) is 2.31. The Hall–Kier alpha value is -2.20. The van der Waals surface area contributed by atoms with Gasteiger partial charge in [0.05, 0.1) is 12.0 Å². The summed E-state index contributed by atoms with van der Waals surface area (Å²) in [6.45, 7) is 1.95. The van der Waals surface area contributed by atoms with E-state index in [1.165, 1.54) is 6.07 Å². The van der Waals surface area contributed by atoms with Crippen molar-refractivity contribution in [3.8, 4) is 0 Å². The van der Waals surface area contributed by atoms with Gasteiger partial charge >= 0.3 is 0 Å². The smallest absolute Gasteiger partial charge is 0.223 e. The molecule has 0 radical (unpaired) electrons. The minimum absolute atomic E-state index is 0.0334. The van der Waals surface area contributed by atoms with Crippen LogP contribution in [0.2, 0.25) is 0 Å².